The van der Waals surface area contributed by atoms with E-state index in [4.69, 9.17) is 11.6 Å². The zero-order chi connectivity index (χ0) is 22.1. The van der Waals surface area contributed by atoms with E-state index in [9.17, 15) is 13.2 Å². The molecule has 0 saturated heterocycles. The van der Waals surface area contributed by atoms with Gasteiger partial charge in [0.1, 0.15) is 11.4 Å². The van der Waals surface area contributed by atoms with Gasteiger partial charge in [-0.25, -0.2) is 8.42 Å². The number of nitrogens with one attached hydrogen (secondary N) is 2. The summed E-state index contributed by atoms with van der Waals surface area (Å²) in [5.74, 6) is -0.483. The van der Waals surface area contributed by atoms with E-state index in [1.165, 1.54) is 0 Å². The molecule has 0 fully saturated rings. The number of rotatable bonds is 6. The van der Waals surface area contributed by atoms with Crippen LogP contribution < -0.4 is 9.62 Å². The molecule has 0 aliphatic carbocycles. The smallest absolute Gasteiger partial charge is 0.268 e. The SMILES string of the molecule is Cc1ccc(N(CC(=O)Nc2cccc(Cl)c2C)S(=O)(=O)c2c(C)n[nH]c2C)cc1. The van der Waals surface area contributed by atoms with Crippen molar-refractivity contribution in [1.82, 2.24) is 10.2 Å². The Morgan fingerprint density at radius 1 is 1.10 bits per heavy atom. The minimum absolute atomic E-state index is 0.0646. The van der Waals surface area contributed by atoms with Crippen LogP contribution in [0.3, 0.4) is 0 Å². The minimum Gasteiger partial charge on any atom is -0.324 e. The first-order chi connectivity index (χ1) is 14.1. The molecule has 7 nitrogen and oxygen atoms in total. The Morgan fingerprint density at radius 3 is 2.37 bits per heavy atom. The molecule has 0 bridgehead atoms. The number of aromatic nitrogens is 2. The van der Waals surface area contributed by atoms with Gasteiger partial charge in [0.15, 0.2) is 0 Å². The summed E-state index contributed by atoms with van der Waals surface area (Å²) in [7, 11) is -4.04. The maximum Gasteiger partial charge on any atom is 0.268 e. The van der Waals surface area contributed by atoms with Crippen LogP contribution in [0.4, 0.5) is 11.4 Å². The summed E-state index contributed by atoms with van der Waals surface area (Å²) in [5, 5.41) is 9.96. The maximum absolute atomic E-state index is 13.5. The summed E-state index contributed by atoms with van der Waals surface area (Å²) >= 11 is 6.12. The number of anilines is 2. The summed E-state index contributed by atoms with van der Waals surface area (Å²) in [6.07, 6.45) is 0. The number of carbonyl (C=O) groups excluding carboxylic acids is 1. The van der Waals surface area contributed by atoms with Crippen molar-refractivity contribution in [1.29, 1.82) is 0 Å². The molecular weight excluding hydrogens is 424 g/mol. The average Bonchev–Trinajstić information content (AvgIpc) is 3.03. The lowest BCUT2D eigenvalue weighted by molar-refractivity contribution is -0.114. The highest BCUT2D eigenvalue weighted by Crippen LogP contribution is 2.28. The van der Waals surface area contributed by atoms with Gasteiger partial charge in [-0.15, -0.1) is 0 Å². The van der Waals surface area contributed by atoms with Crippen molar-refractivity contribution < 1.29 is 13.2 Å². The molecule has 0 unspecified atom stereocenters. The third-order valence-electron chi connectivity index (χ3n) is 4.76. The second kappa shape index (κ2) is 8.49. The van der Waals surface area contributed by atoms with Crippen molar-refractivity contribution in [2.75, 3.05) is 16.2 Å². The fourth-order valence-corrected chi connectivity index (χ4v) is 5.05. The lowest BCUT2D eigenvalue weighted by Crippen LogP contribution is -2.38. The number of benzene rings is 2. The van der Waals surface area contributed by atoms with Crippen LogP contribution in [0.5, 0.6) is 0 Å². The van der Waals surface area contributed by atoms with Gasteiger partial charge < -0.3 is 5.32 Å². The predicted molar refractivity (Wildman–Crippen MR) is 119 cm³/mol. The number of aryl methyl sites for hydroxylation is 3. The van der Waals surface area contributed by atoms with Crippen LogP contribution in [-0.2, 0) is 14.8 Å². The van der Waals surface area contributed by atoms with Gasteiger partial charge in [0.25, 0.3) is 10.0 Å². The van der Waals surface area contributed by atoms with E-state index in [2.05, 4.69) is 15.5 Å². The topological polar surface area (TPSA) is 95.2 Å². The van der Waals surface area contributed by atoms with E-state index >= 15 is 0 Å². The molecule has 0 aliphatic heterocycles. The van der Waals surface area contributed by atoms with Gasteiger partial charge in [-0.05, 0) is 57.5 Å². The van der Waals surface area contributed by atoms with Gasteiger partial charge in [0, 0.05) is 10.7 Å². The number of halogens is 1. The molecule has 2 N–H and O–H groups in total. The normalized spacial score (nSPS) is 11.4. The molecule has 9 heteroatoms. The highest BCUT2D eigenvalue weighted by atomic mass is 35.5. The molecule has 0 atom stereocenters. The highest BCUT2D eigenvalue weighted by Gasteiger charge is 2.31. The molecule has 3 aromatic rings. The van der Waals surface area contributed by atoms with Crippen LogP contribution in [0.2, 0.25) is 5.02 Å². The van der Waals surface area contributed by atoms with E-state index in [1.54, 1.807) is 63.2 Å². The van der Waals surface area contributed by atoms with Crippen molar-refractivity contribution in [3.63, 3.8) is 0 Å². The molecule has 0 radical (unpaired) electrons. The summed E-state index contributed by atoms with van der Waals surface area (Å²) in [5.41, 5.74) is 3.36. The molecule has 2 aromatic carbocycles. The first-order valence-electron chi connectivity index (χ1n) is 9.27. The predicted octanol–water partition coefficient (Wildman–Crippen LogP) is 4.13. The number of amides is 1. The number of carbonyl (C=O) groups is 1. The Bertz CT molecular complexity index is 1170. The number of nitrogens with zero attached hydrogens (tertiary/aromatic N) is 2. The maximum atomic E-state index is 13.5. The van der Waals surface area contributed by atoms with Crippen molar-refractivity contribution in [2.45, 2.75) is 32.6 Å². The van der Waals surface area contributed by atoms with E-state index in [-0.39, 0.29) is 4.90 Å². The van der Waals surface area contributed by atoms with Crippen LogP contribution in [-0.4, -0.2) is 31.1 Å². The Hall–Kier alpha value is -2.84. The Labute approximate surface area is 181 Å². The van der Waals surface area contributed by atoms with Crippen molar-refractivity contribution in [3.8, 4) is 0 Å². The second-order valence-corrected chi connectivity index (χ2v) is 9.28. The van der Waals surface area contributed by atoms with Gasteiger partial charge in [-0.2, -0.15) is 5.10 Å². The lowest BCUT2D eigenvalue weighted by atomic mass is 10.2. The van der Waals surface area contributed by atoms with E-state index in [1.807, 2.05) is 6.92 Å². The fourth-order valence-electron chi connectivity index (χ4n) is 3.12. The lowest BCUT2D eigenvalue weighted by Gasteiger charge is -2.24. The molecule has 0 spiro atoms. The first kappa shape index (κ1) is 21.9. The van der Waals surface area contributed by atoms with Gasteiger partial charge in [0.2, 0.25) is 5.91 Å². The Balaban J connectivity index is 1.99. The van der Waals surface area contributed by atoms with Crippen molar-refractivity contribution in [3.05, 3.63) is 70.0 Å². The number of hydrogen-bond donors (Lipinski definition) is 2. The quantitative estimate of drug-likeness (QED) is 0.595. The average molecular weight is 447 g/mol. The van der Waals surface area contributed by atoms with E-state index < -0.39 is 22.5 Å². The summed E-state index contributed by atoms with van der Waals surface area (Å²) < 4.78 is 28.1. The standard InChI is InChI=1S/C21H23ClN4O3S/c1-13-8-10-17(11-9-13)26(30(28,29)21-15(3)24-25-16(21)4)12-20(27)23-19-7-5-6-18(22)14(19)2/h5-11H,12H2,1-4H3,(H,23,27)(H,24,25). The third kappa shape index (κ3) is 4.34. The number of aromatic amines is 1. The fraction of sp³-hybridized carbons (Fsp3) is 0.238. The van der Waals surface area contributed by atoms with Crippen LogP contribution in [0, 0.1) is 27.7 Å². The third-order valence-corrected chi connectivity index (χ3v) is 7.21. The summed E-state index contributed by atoms with van der Waals surface area (Å²) in [6, 6.07) is 12.1. The summed E-state index contributed by atoms with van der Waals surface area (Å²) in [4.78, 5) is 12.9. The molecule has 1 amide bonds. The molecule has 30 heavy (non-hydrogen) atoms. The molecule has 3 rings (SSSR count). The summed E-state index contributed by atoms with van der Waals surface area (Å²) in [6.45, 7) is 6.53. The van der Waals surface area contributed by atoms with Crippen LogP contribution in [0.1, 0.15) is 22.5 Å². The molecule has 1 aromatic heterocycles. The van der Waals surface area contributed by atoms with E-state index in [0.29, 0.717) is 33.3 Å². The van der Waals surface area contributed by atoms with Gasteiger partial charge >= 0.3 is 0 Å². The first-order valence-corrected chi connectivity index (χ1v) is 11.1. The van der Waals surface area contributed by atoms with E-state index in [0.717, 1.165) is 9.87 Å². The largest absolute Gasteiger partial charge is 0.324 e. The Morgan fingerprint density at radius 2 is 1.77 bits per heavy atom. The van der Waals surface area contributed by atoms with Crippen LogP contribution >= 0.6 is 11.6 Å². The Kier molecular flexibility index (Phi) is 6.19. The van der Waals surface area contributed by atoms with Gasteiger partial charge in [0.05, 0.1) is 17.1 Å². The zero-order valence-electron chi connectivity index (χ0n) is 17.2. The molecular formula is C21H23ClN4O3S. The van der Waals surface area contributed by atoms with Crippen LogP contribution in [0.25, 0.3) is 0 Å². The number of H-pyrrole nitrogens is 1. The number of sulfonamides is 1. The van der Waals surface area contributed by atoms with Crippen molar-refractivity contribution >= 4 is 38.9 Å². The molecule has 0 aliphatic rings. The van der Waals surface area contributed by atoms with Gasteiger partial charge in [-0.3, -0.25) is 14.2 Å². The zero-order valence-corrected chi connectivity index (χ0v) is 18.7. The monoisotopic (exact) mass is 446 g/mol. The van der Waals surface area contributed by atoms with Crippen molar-refractivity contribution in [2.24, 2.45) is 0 Å². The minimum atomic E-state index is -4.04. The highest BCUT2D eigenvalue weighted by molar-refractivity contribution is 7.93. The molecule has 158 valence electrons. The van der Waals surface area contributed by atoms with Gasteiger partial charge in [-0.1, -0.05) is 35.4 Å². The van der Waals surface area contributed by atoms with Crippen LogP contribution in [0.15, 0.2) is 47.4 Å². The molecule has 1 heterocycles. The number of hydrogen-bond acceptors (Lipinski definition) is 4. The molecule has 0 saturated carbocycles. The second-order valence-electron chi connectivity index (χ2n) is 7.07.